The van der Waals surface area contributed by atoms with Gasteiger partial charge in [0.15, 0.2) is 0 Å². The summed E-state index contributed by atoms with van der Waals surface area (Å²) in [7, 11) is -3.86. The first-order valence-electron chi connectivity index (χ1n) is 6.66. The van der Waals surface area contributed by atoms with Crippen molar-refractivity contribution in [2.45, 2.75) is 11.8 Å². The van der Waals surface area contributed by atoms with Gasteiger partial charge in [-0.25, -0.2) is 9.22 Å². The Morgan fingerprint density at radius 1 is 1.26 bits per heavy atom. The minimum absolute atomic E-state index is 0.00330. The first-order chi connectivity index (χ1) is 10.9. The predicted octanol–water partition coefficient (Wildman–Crippen LogP) is 3.19. The number of halogens is 2. The van der Waals surface area contributed by atoms with Gasteiger partial charge in [-0.3, -0.25) is 0 Å². The minimum Gasteiger partial charge on any atom is -0.494 e. The molecule has 2 aromatic carbocycles. The highest BCUT2D eigenvalue weighted by Crippen LogP contribution is 2.17. The molecule has 0 aliphatic heterocycles. The van der Waals surface area contributed by atoms with Crippen LogP contribution in [-0.2, 0) is 10.0 Å². The fourth-order valence-corrected chi connectivity index (χ4v) is 2.73. The van der Waals surface area contributed by atoms with E-state index in [1.807, 2.05) is 11.8 Å². The maximum absolute atomic E-state index is 13.5. The summed E-state index contributed by atoms with van der Waals surface area (Å²) in [6.45, 7) is 2.31. The van der Waals surface area contributed by atoms with Crippen LogP contribution in [0.1, 0.15) is 12.5 Å². The molecule has 0 heterocycles. The molecule has 0 saturated carbocycles. The fraction of sp³-hybridized carbons (Fsp3) is 0.133. The Kier molecular flexibility index (Phi) is 5.57. The zero-order valence-electron chi connectivity index (χ0n) is 12.2. The van der Waals surface area contributed by atoms with Crippen molar-refractivity contribution in [2.75, 3.05) is 6.61 Å². The van der Waals surface area contributed by atoms with E-state index in [4.69, 9.17) is 16.3 Å². The van der Waals surface area contributed by atoms with Gasteiger partial charge in [-0.1, -0.05) is 17.7 Å². The standard InChI is InChI=1S/C15H14ClFN2O3S/c1-2-22-11-6-8-12(9-7-11)23(20,21)19-18-10-13-14(16)4-3-5-15(13)17/h3-10,19H,2H2,1H3/b18-10+. The molecular formula is C15H14ClFN2O3S. The van der Waals surface area contributed by atoms with Crippen molar-refractivity contribution in [3.05, 3.63) is 58.9 Å². The highest BCUT2D eigenvalue weighted by molar-refractivity contribution is 7.89. The Balaban J connectivity index is 2.13. The third-order valence-corrected chi connectivity index (χ3v) is 4.38. The number of hydrazone groups is 1. The average molecular weight is 357 g/mol. The summed E-state index contributed by atoms with van der Waals surface area (Å²) in [6.07, 6.45) is 1.02. The van der Waals surface area contributed by atoms with Crippen molar-refractivity contribution in [1.82, 2.24) is 4.83 Å². The Labute approximate surface area is 138 Å². The number of rotatable bonds is 6. The summed E-state index contributed by atoms with van der Waals surface area (Å²) in [4.78, 5) is 2.02. The van der Waals surface area contributed by atoms with Gasteiger partial charge in [0.2, 0.25) is 0 Å². The molecule has 1 N–H and O–H groups in total. The molecule has 0 atom stereocenters. The molecule has 0 spiro atoms. The molecule has 0 radical (unpaired) electrons. The Morgan fingerprint density at radius 3 is 2.57 bits per heavy atom. The summed E-state index contributed by atoms with van der Waals surface area (Å²) >= 11 is 5.82. The quantitative estimate of drug-likeness (QED) is 0.638. The monoisotopic (exact) mass is 356 g/mol. The topological polar surface area (TPSA) is 67.8 Å². The molecule has 23 heavy (non-hydrogen) atoms. The number of hydrogen-bond acceptors (Lipinski definition) is 4. The molecule has 0 bridgehead atoms. The number of nitrogens with zero attached hydrogens (tertiary/aromatic N) is 1. The molecule has 122 valence electrons. The first-order valence-corrected chi connectivity index (χ1v) is 8.52. The molecule has 5 nitrogen and oxygen atoms in total. The lowest BCUT2D eigenvalue weighted by Gasteiger charge is -2.06. The van der Waals surface area contributed by atoms with E-state index in [2.05, 4.69) is 5.10 Å². The smallest absolute Gasteiger partial charge is 0.276 e. The molecule has 2 aromatic rings. The van der Waals surface area contributed by atoms with Crippen molar-refractivity contribution in [3.63, 3.8) is 0 Å². The van der Waals surface area contributed by atoms with E-state index in [-0.39, 0.29) is 15.5 Å². The van der Waals surface area contributed by atoms with E-state index in [0.29, 0.717) is 12.4 Å². The van der Waals surface area contributed by atoms with Crippen LogP contribution in [-0.4, -0.2) is 21.2 Å². The zero-order chi connectivity index (χ0) is 16.9. The Hall–Kier alpha value is -2.12. The lowest BCUT2D eigenvalue weighted by molar-refractivity contribution is 0.340. The van der Waals surface area contributed by atoms with E-state index in [9.17, 15) is 12.8 Å². The van der Waals surface area contributed by atoms with E-state index < -0.39 is 15.8 Å². The second kappa shape index (κ2) is 7.43. The number of sulfonamides is 1. The van der Waals surface area contributed by atoms with Crippen LogP contribution in [0.4, 0.5) is 4.39 Å². The number of hydrogen-bond donors (Lipinski definition) is 1. The van der Waals surface area contributed by atoms with Crippen LogP contribution in [0, 0.1) is 5.82 Å². The summed E-state index contributed by atoms with van der Waals surface area (Å²) in [5, 5.41) is 3.68. The van der Waals surface area contributed by atoms with Gasteiger partial charge in [-0.15, -0.1) is 0 Å². The highest BCUT2D eigenvalue weighted by atomic mass is 35.5. The molecule has 0 saturated heterocycles. The van der Waals surface area contributed by atoms with Crippen LogP contribution in [0.3, 0.4) is 0 Å². The molecule has 0 aliphatic rings. The van der Waals surface area contributed by atoms with Crippen molar-refractivity contribution in [2.24, 2.45) is 5.10 Å². The van der Waals surface area contributed by atoms with Crippen LogP contribution < -0.4 is 9.57 Å². The summed E-state index contributed by atoms with van der Waals surface area (Å²) in [6, 6.07) is 9.98. The minimum atomic E-state index is -3.86. The fourth-order valence-electron chi connectivity index (χ4n) is 1.73. The normalized spacial score (nSPS) is 11.6. The second-order valence-electron chi connectivity index (χ2n) is 4.39. The van der Waals surface area contributed by atoms with Crippen LogP contribution in [0.15, 0.2) is 52.5 Å². The van der Waals surface area contributed by atoms with Gasteiger partial charge in [0, 0.05) is 5.56 Å². The summed E-state index contributed by atoms with van der Waals surface area (Å²) < 4.78 is 42.9. The zero-order valence-corrected chi connectivity index (χ0v) is 13.7. The van der Waals surface area contributed by atoms with Crippen LogP contribution in [0.5, 0.6) is 5.75 Å². The number of nitrogens with one attached hydrogen (secondary N) is 1. The molecule has 0 aliphatic carbocycles. The van der Waals surface area contributed by atoms with Gasteiger partial charge in [0.1, 0.15) is 11.6 Å². The maximum Gasteiger partial charge on any atom is 0.276 e. The third-order valence-electron chi connectivity index (χ3n) is 2.81. The predicted molar refractivity (Wildman–Crippen MR) is 86.9 cm³/mol. The van der Waals surface area contributed by atoms with Crippen LogP contribution in [0.25, 0.3) is 0 Å². The largest absolute Gasteiger partial charge is 0.494 e. The van der Waals surface area contributed by atoms with E-state index >= 15 is 0 Å². The van der Waals surface area contributed by atoms with Gasteiger partial charge < -0.3 is 4.74 Å². The van der Waals surface area contributed by atoms with Crippen molar-refractivity contribution in [1.29, 1.82) is 0 Å². The number of benzene rings is 2. The van der Waals surface area contributed by atoms with E-state index in [1.165, 1.54) is 42.5 Å². The lowest BCUT2D eigenvalue weighted by Crippen LogP contribution is -2.18. The van der Waals surface area contributed by atoms with Crippen molar-refractivity contribution in [3.8, 4) is 5.75 Å². The van der Waals surface area contributed by atoms with Gasteiger partial charge in [0.05, 0.1) is 22.7 Å². The molecule has 0 fully saturated rings. The van der Waals surface area contributed by atoms with Gasteiger partial charge >= 0.3 is 0 Å². The first kappa shape index (κ1) is 17.2. The summed E-state index contributed by atoms with van der Waals surface area (Å²) in [5.41, 5.74) is 0.00330. The molecule has 2 rings (SSSR count). The lowest BCUT2D eigenvalue weighted by atomic mass is 10.2. The van der Waals surface area contributed by atoms with Gasteiger partial charge in [-0.05, 0) is 43.3 Å². The van der Waals surface area contributed by atoms with Gasteiger partial charge in [0.25, 0.3) is 10.0 Å². The van der Waals surface area contributed by atoms with E-state index in [1.54, 1.807) is 0 Å². The van der Waals surface area contributed by atoms with E-state index in [0.717, 1.165) is 6.21 Å². The average Bonchev–Trinajstić information content (AvgIpc) is 2.51. The molecule has 0 unspecified atom stereocenters. The molecule has 0 amide bonds. The van der Waals surface area contributed by atoms with Crippen molar-refractivity contribution >= 4 is 27.8 Å². The SMILES string of the molecule is CCOc1ccc(S(=O)(=O)N/N=C/c2c(F)cccc2Cl)cc1. The Morgan fingerprint density at radius 2 is 1.96 bits per heavy atom. The highest BCUT2D eigenvalue weighted by Gasteiger charge is 2.13. The second-order valence-corrected chi connectivity index (χ2v) is 6.46. The van der Waals surface area contributed by atoms with Crippen LogP contribution in [0.2, 0.25) is 5.02 Å². The summed E-state index contributed by atoms with van der Waals surface area (Å²) in [5.74, 6) is -0.0328. The third kappa shape index (κ3) is 4.43. The molecular weight excluding hydrogens is 343 g/mol. The van der Waals surface area contributed by atoms with Gasteiger partial charge in [-0.2, -0.15) is 13.5 Å². The maximum atomic E-state index is 13.5. The molecule has 0 aromatic heterocycles. The Bertz CT molecular complexity index is 788. The van der Waals surface area contributed by atoms with Crippen LogP contribution >= 0.6 is 11.6 Å². The van der Waals surface area contributed by atoms with Crippen molar-refractivity contribution < 1.29 is 17.5 Å². The molecule has 8 heteroatoms. The number of ether oxygens (including phenoxy) is 1.